The third-order valence-electron chi connectivity index (χ3n) is 2.00. The third kappa shape index (κ3) is 3.71. The second-order valence-corrected chi connectivity index (χ2v) is 4.72. The molecule has 0 aliphatic carbocycles. The van der Waals surface area contributed by atoms with Crippen LogP contribution in [0.5, 0.6) is 0 Å². The predicted molar refractivity (Wildman–Crippen MR) is 67.5 cm³/mol. The van der Waals surface area contributed by atoms with Gasteiger partial charge < -0.3 is 0 Å². The first-order chi connectivity index (χ1) is 7.19. The molecule has 0 spiro atoms. The number of alkyl halides is 1. The summed E-state index contributed by atoms with van der Waals surface area (Å²) in [5, 5.41) is 0.599. The topological polar surface area (TPSA) is 17.1 Å². The Balaban J connectivity index is 2.90. The van der Waals surface area contributed by atoms with E-state index in [0.717, 1.165) is 4.90 Å². The van der Waals surface area contributed by atoms with Crippen LogP contribution in [0.3, 0.4) is 0 Å². The highest BCUT2D eigenvalue weighted by Crippen LogP contribution is 2.25. The lowest BCUT2D eigenvalue weighted by molar-refractivity contribution is 0.0979. The molecule has 1 aromatic carbocycles. The first-order valence-corrected chi connectivity index (χ1v) is 6.75. The average Bonchev–Trinajstić information content (AvgIpc) is 2.25. The second kappa shape index (κ2) is 6.41. The summed E-state index contributed by atoms with van der Waals surface area (Å²) < 4.78 is 0. The summed E-state index contributed by atoms with van der Waals surface area (Å²) in [6, 6.07) is 5.40. The van der Waals surface area contributed by atoms with Gasteiger partial charge >= 0.3 is 0 Å². The van der Waals surface area contributed by atoms with Gasteiger partial charge in [-0.15, -0.1) is 23.4 Å². The molecule has 0 heterocycles. The number of Topliss-reactive ketones (excluding diaryl/α,β-unsaturated/α-hetero) is 1. The van der Waals surface area contributed by atoms with Crippen molar-refractivity contribution in [2.75, 3.05) is 12.1 Å². The molecule has 82 valence electrons. The van der Waals surface area contributed by atoms with Crippen molar-refractivity contribution < 1.29 is 4.79 Å². The molecule has 0 bridgehead atoms. The first-order valence-electron chi connectivity index (χ1n) is 4.61. The van der Waals surface area contributed by atoms with Gasteiger partial charge in [0.25, 0.3) is 0 Å². The van der Waals surface area contributed by atoms with Gasteiger partial charge in [0.1, 0.15) is 0 Å². The molecule has 1 nitrogen and oxygen atoms in total. The van der Waals surface area contributed by atoms with E-state index in [1.807, 2.05) is 12.3 Å². The van der Waals surface area contributed by atoms with Crippen LogP contribution in [0.4, 0.5) is 0 Å². The molecule has 0 unspecified atom stereocenters. The van der Waals surface area contributed by atoms with Crippen LogP contribution in [0.1, 0.15) is 23.2 Å². The van der Waals surface area contributed by atoms with Crippen molar-refractivity contribution in [1.82, 2.24) is 0 Å². The zero-order valence-electron chi connectivity index (χ0n) is 8.43. The van der Waals surface area contributed by atoms with Gasteiger partial charge in [0.15, 0.2) is 5.78 Å². The molecular formula is C11H12Cl2OS. The first kappa shape index (κ1) is 12.9. The van der Waals surface area contributed by atoms with Crippen LogP contribution in [0.2, 0.25) is 5.02 Å². The second-order valence-electron chi connectivity index (χ2n) is 3.06. The Kier molecular flexibility index (Phi) is 5.51. The van der Waals surface area contributed by atoms with Crippen molar-refractivity contribution in [1.29, 1.82) is 0 Å². The maximum Gasteiger partial charge on any atom is 0.164 e. The molecule has 0 N–H and O–H groups in total. The largest absolute Gasteiger partial charge is 0.294 e. The molecule has 0 aliphatic rings. The molecular weight excluding hydrogens is 251 g/mol. The Bertz CT molecular complexity index is 352. The van der Waals surface area contributed by atoms with E-state index < -0.39 is 0 Å². The molecule has 0 atom stereocenters. The fraction of sp³-hybridized carbons (Fsp3) is 0.364. The zero-order valence-corrected chi connectivity index (χ0v) is 10.8. The van der Waals surface area contributed by atoms with Crippen LogP contribution in [0.15, 0.2) is 23.1 Å². The lowest BCUT2D eigenvalue weighted by Crippen LogP contribution is -2.01. The van der Waals surface area contributed by atoms with Crippen LogP contribution >= 0.6 is 35.0 Å². The molecule has 4 heteroatoms. The smallest absolute Gasteiger partial charge is 0.164 e. The minimum absolute atomic E-state index is 0.113. The van der Waals surface area contributed by atoms with Crippen LogP contribution in [0, 0.1) is 0 Å². The molecule has 0 saturated carbocycles. The van der Waals surface area contributed by atoms with Crippen LogP contribution in [-0.2, 0) is 0 Å². The van der Waals surface area contributed by atoms with Gasteiger partial charge in [0.05, 0.1) is 0 Å². The highest BCUT2D eigenvalue weighted by molar-refractivity contribution is 7.98. The SMILES string of the molecule is CSc1ccc(Cl)cc1C(=O)CCCCl. The number of halogens is 2. The average molecular weight is 263 g/mol. The molecule has 1 rings (SSSR count). The monoisotopic (exact) mass is 262 g/mol. The number of hydrogen-bond donors (Lipinski definition) is 0. The van der Waals surface area contributed by atoms with E-state index in [4.69, 9.17) is 23.2 Å². The third-order valence-corrected chi connectivity index (χ3v) is 3.30. The zero-order chi connectivity index (χ0) is 11.3. The van der Waals surface area contributed by atoms with Gasteiger partial charge in [0, 0.05) is 27.8 Å². The molecule has 0 radical (unpaired) electrons. The number of benzene rings is 1. The summed E-state index contributed by atoms with van der Waals surface area (Å²) in [5.74, 6) is 0.628. The molecule has 0 aliphatic heterocycles. The van der Waals surface area contributed by atoms with Crippen LogP contribution in [0.25, 0.3) is 0 Å². The van der Waals surface area contributed by atoms with E-state index >= 15 is 0 Å². The van der Waals surface area contributed by atoms with Gasteiger partial charge in [-0.05, 0) is 30.9 Å². The number of carbonyl (C=O) groups is 1. The maximum absolute atomic E-state index is 11.8. The van der Waals surface area contributed by atoms with Crippen LogP contribution < -0.4 is 0 Å². The Morgan fingerprint density at radius 2 is 2.20 bits per heavy atom. The van der Waals surface area contributed by atoms with E-state index in [-0.39, 0.29) is 5.78 Å². The minimum atomic E-state index is 0.113. The summed E-state index contributed by atoms with van der Waals surface area (Å²) in [7, 11) is 0. The van der Waals surface area contributed by atoms with Crippen molar-refractivity contribution in [2.45, 2.75) is 17.7 Å². The molecule has 0 aromatic heterocycles. The van der Waals surface area contributed by atoms with Crippen molar-refractivity contribution in [3.05, 3.63) is 28.8 Å². The molecule has 15 heavy (non-hydrogen) atoms. The Morgan fingerprint density at radius 3 is 2.80 bits per heavy atom. The van der Waals surface area contributed by atoms with Gasteiger partial charge in [0.2, 0.25) is 0 Å². The Morgan fingerprint density at radius 1 is 1.47 bits per heavy atom. The van der Waals surface area contributed by atoms with Crippen molar-refractivity contribution in [2.24, 2.45) is 0 Å². The van der Waals surface area contributed by atoms with E-state index in [1.54, 1.807) is 23.9 Å². The highest BCUT2D eigenvalue weighted by atomic mass is 35.5. The summed E-state index contributed by atoms with van der Waals surface area (Å²) in [5.41, 5.74) is 0.708. The number of carbonyl (C=O) groups excluding carboxylic acids is 1. The fourth-order valence-corrected chi connectivity index (χ4v) is 2.16. The molecule has 0 saturated heterocycles. The highest BCUT2D eigenvalue weighted by Gasteiger charge is 2.10. The molecule has 1 aromatic rings. The van der Waals surface area contributed by atoms with Crippen molar-refractivity contribution in [3.8, 4) is 0 Å². The summed E-state index contributed by atoms with van der Waals surface area (Å²) in [6.07, 6.45) is 3.14. The standard InChI is InChI=1S/C11H12Cl2OS/c1-15-11-5-4-8(13)7-9(11)10(14)3-2-6-12/h4-5,7H,2-3,6H2,1H3. The normalized spacial score (nSPS) is 10.3. The van der Waals surface area contributed by atoms with Crippen LogP contribution in [-0.4, -0.2) is 17.9 Å². The molecule has 0 fully saturated rings. The van der Waals surface area contributed by atoms with Gasteiger partial charge in [-0.3, -0.25) is 4.79 Å². The van der Waals surface area contributed by atoms with E-state index in [1.165, 1.54) is 0 Å². The maximum atomic E-state index is 11.8. The predicted octanol–water partition coefficient (Wildman–Crippen LogP) is 4.26. The fourth-order valence-electron chi connectivity index (χ4n) is 1.26. The van der Waals surface area contributed by atoms with Gasteiger partial charge in [-0.2, -0.15) is 0 Å². The van der Waals surface area contributed by atoms with E-state index in [9.17, 15) is 4.79 Å². The molecule has 0 amide bonds. The quantitative estimate of drug-likeness (QED) is 0.448. The lowest BCUT2D eigenvalue weighted by atomic mass is 10.1. The number of hydrogen-bond acceptors (Lipinski definition) is 2. The number of ketones is 1. The minimum Gasteiger partial charge on any atom is -0.294 e. The van der Waals surface area contributed by atoms with E-state index in [0.29, 0.717) is 29.3 Å². The number of thioether (sulfide) groups is 1. The summed E-state index contributed by atoms with van der Waals surface area (Å²) in [6.45, 7) is 0. The van der Waals surface area contributed by atoms with E-state index in [2.05, 4.69) is 0 Å². The summed E-state index contributed by atoms with van der Waals surface area (Å²) >= 11 is 13.0. The Labute approximate surface area is 104 Å². The summed E-state index contributed by atoms with van der Waals surface area (Å²) in [4.78, 5) is 12.8. The van der Waals surface area contributed by atoms with Gasteiger partial charge in [-0.25, -0.2) is 0 Å². The van der Waals surface area contributed by atoms with Crippen molar-refractivity contribution >= 4 is 40.7 Å². The lowest BCUT2D eigenvalue weighted by Gasteiger charge is -2.06. The van der Waals surface area contributed by atoms with Gasteiger partial charge in [-0.1, -0.05) is 11.6 Å². The van der Waals surface area contributed by atoms with Crippen molar-refractivity contribution in [3.63, 3.8) is 0 Å². The number of rotatable bonds is 5. The Hall–Kier alpha value is -0.180.